The van der Waals surface area contributed by atoms with Crippen LogP contribution in [0.3, 0.4) is 0 Å². The van der Waals surface area contributed by atoms with E-state index in [9.17, 15) is 32.7 Å². The third-order valence-electron chi connectivity index (χ3n) is 10.7. The Labute approximate surface area is 317 Å². The summed E-state index contributed by atoms with van der Waals surface area (Å²) < 4.78 is 59.5. The van der Waals surface area contributed by atoms with Gasteiger partial charge in [-0.15, -0.1) is 0 Å². The summed E-state index contributed by atoms with van der Waals surface area (Å²) in [6.07, 6.45) is 2.01. The lowest BCUT2D eigenvalue weighted by Gasteiger charge is -2.54. The second-order valence-electron chi connectivity index (χ2n) is 14.9. The molecule has 2 unspecified atom stereocenters. The van der Waals surface area contributed by atoms with Crippen molar-refractivity contribution in [1.29, 1.82) is 0 Å². The van der Waals surface area contributed by atoms with E-state index in [-0.39, 0.29) is 51.1 Å². The number of halogens is 3. The number of aliphatic hydroxyl groups excluding tert-OH is 1. The average molecular weight is 763 g/mol. The van der Waals surface area contributed by atoms with Gasteiger partial charge in [0.25, 0.3) is 0 Å². The smallest absolute Gasteiger partial charge is 0.336 e. The molecule has 3 aliphatic heterocycles. The summed E-state index contributed by atoms with van der Waals surface area (Å²) in [4.78, 5) is 41.6. The van der Waals surface area contributed by atoms with Crippen LogP contribution >= 0.6 is 0 Å². The van der Waals surface area contributed by atoms with E-state index in [2.05, 4.69) is 16.0 Å². The summed E-state index contributed by atoms with van der Waals surface area (Å²) in [5.41, 5.74) is 2.79. The Morgan fingerprint density at radius 2 is 1.87 bits per heavy atom. The van der Waals surface area contributed by atoms with Crippen LogP contribution in [0.4, 0.5) is 13.2 Å². The van der Waals surface area contributed by atoms with Crippen molar-refractivity contribution in [2.75, 3.05) is 32.8 Å². The van der Waals surface area contributed by atoms with Gasteiger partial charge in [0, 0.05) is 19.6 Å². The van der Waals surface area contributed by atoms with Gasteiger partial charge in [0.2, 0.25) is 18.1 Å². The average Bonchev–Trinajstić information content (AvgIpc) is 3.88. The van der Waals surface area contributed by atoms with E-state index in [0.717, 1.165) is 41.2 Å². The molecule has 2 bridgehead atoms. The number of β-amino-alcohol motifs (C(OH)–C–C–N with tert-alkyl or cyclic N) is 1. The normalized spacial score (nSPS) is 23.9. The number of piperazine rings is 1. The minimum atomic E-state index is -1.37. The van der Waals surface area contributed by atoms with Gasteiger partial charge in [-0.25, -0.2) is 13.6 Å². The molecule has 2 saturated heterocycles. The highest BCUT2D eigenvalue weighted by molar-refractivity contribution is 6.00. The summed E-state index contributed by atoms with van der Waals surface area (Å²) in [5, 5.41) is 19.8. The lowest BCUT2D eigenvalue weighted by molar-refractivity contribution is -0.143. The number of aliphatic hydroxyl groups is 1. The first-order valence-corrected chi connectivity index (χ1v) is 18.7. The first kappa shape index (κ1) is 38.4. The van der Waals surface area contributed by atoms with Crippen molar-refractivity contribution in [2.24, 2.45) is 0 Å². The molecule has 11 nitrogen and oxygen atoms in total. The summed E-state index contributed by atoms with van der Waals surface area (Å²) in [7, 11) is 0. The zero-order valence-corrected chi connectivity index (χ0v) is 30.5. The molecule has 0 radical (unpaired) electrons. The number of rotatable bonds is 15. The number of nitrogens with one attached hydrogen (secondary N) is 3. The highest BCUT2D eigenvalue weighted by Crippen LogP contribution is 2.42. The maximum absolute atomic E-state index is 14.1. The van der Waals surface area contributed by atoms with Gasteiger partial charge in [0.15, 0.2) is 17.4 Å². The third-order valence-corrected chi connectivity index (χ3v) is 10.7. The van der Waals surface area contributed by atoms with Crippen molar-refractivity contribution < 1.29 is 46.9 Å². The number of benzene rings is 3. The Morgan fingerprint density at radius 3 is 2.58 bits per heavy atom. The van der Waals surface area contributed by atoms with Gasteiger partial charge in [0.1, 0.15) is 18.0 Å². The molecular formula is C41H45F3N4O7. The van der Waals surface area contributed by atoms with E-state index in [4.69, 9.17) is 14.2 Å². The first-order valence-electron chi connectivity index (χ1n) is 18.7. The third kappa shape index (κ3) is 8.66. The zero-order chi connectivity index (χ0) is 38.7. The van der Waals surface area contributed by atoms with E-state index in [0.29, 0.717) is 43.2 Å². The summed E-state index contributed by atoms with van der Waals surface area (Å²) in [6.45, 7) is 2.65. The lowest BCUT2D eigenvalue weighted by Crippen LogP contribution is -2.75. The summed E-state index contributed by atoms with van der Waals surface area (Å²) in [6, 6.07) is 15.4. The molecule has 3 fully saturated rings. The van der Waals surface area contributed by atoms with Gasteiger partial charge < -0.3 is 34.9 Å². The van der Waals surface area contributed by atoms with Gasteiger partial charge in [-0.3, -0.25) is 14.9 Å². The number of amides is 2. The molecule has 5 atom stereocenters. The van der Waals surface area contributed by atoms with Gasteiger partial charge in [0.05, 0.1) is 42.5 Å². The number of hydrogen-bond donors (Lipinski definition) is 4. The van der Waals surface area contributed by atoms with Crippen LogP contribution in [0, 0.1) is 24.4 Å². The maximum atomic E-state index is 14.1. The van der Waals surface area contributed by atoms with Crippen LogP contribution in [0.1, 0.15) is 48.8 Å². The van der Waals surface area contributed by atoms with Crippen LogP contribution in [0.15, 0.2) is 66.2 Å². The number of fused-ring (bicyclic) bond motifs is 2. The summed E-state index contributed by atoms with van der Waals surface area (Å²) >= 11 is 0. The number of nitrogens with zero attached hydrogens (tertiary/aromatic N) is 1. The number of esters is 1. The van der Waals surface area contributed by atoms with Crippen molar-refractivity contribution in [3.8, 4) is 11.5 Å². The maximum Gasteiger partial charge on any atom is 0.336 e. The minimum Gasteiger partial charge on any atom is -0.488 e. The standard InChI is InChI=1S/C41H45F3N4O7/c1-24-4-2-6-29(16-24)54-35(20-45-23-49)41-18-30(26-9-7-25(8-10-26)5-3-15-53-38-32(43)14-13-31(42)37(38)44)36(40(52)55-28-11-12-28)34(47-41)21-48(22-41)39(51)33-17-27(50)19-46-33/h2,4,6-10,13-14,16,23,27-28,33-35,46-47,50H,3,5,11-12,15,17-22H2,1H3,(H,45,49)/t27-,33?,34-,35?,41+/m1/s1. The van der Waals surface area contributed by atoms with Gasteiger partial charge in [-0.05, 0) is 92.0 Å². The molecular weight excluding hydrogens is 717 g/mol. The zero-order valence-electron chi connectivity index (χ0n) is 30.5. The summed E-state index contributed by atoms with van der Waals surface area (Å²) in [5.74, 6) is -4.37. The quantitative estimate of drug-likeness (QED) is 0.0790. The number of carbonyl (C=O) groups is 3. The Balaban J connectivity index is 1.20. The molecule has 0 aromatic heterocycles. The number of hydrogen-bond acceptors (Lipinski definition) is 9. The molecule has 14 heteroatoms. The molecule has 3 aromatic carbocycles. The molecule has 3 heterocycles. The molecule has 1 saturated carbocycles. The Bertz CT molecular complexity index is 1940. The molecule has 3 aromatic rings. The Hall–Kier alpha value is -4.92. The molecule has 0 spiro atoms. The van der Waals surface area contributed by atoms with E-state index in [1.807, 2.05) is 55.5 Å². The molecule has 292 valence electrons. The lowest BCUT2D eigenvalue weighted by atomic mass is 9.72. The van der Waals surface area contributed by atoms with Gasteiger partial charge >= 0.3 is 5.97 Å². The van der Waals surface area contributed by atoms with Crippen LogP contribution in [0.25, 0.3) is 5.57 Å². The number of aryl methyl sites for hydroxylation is 2. The Kier molecular flexibility index (Phi) is 11.5. The van der Waals surface area contributed by atoms with E-state index in [1.165, 1.54) is 0 Å². The first-order chi connectivity index (χ1) is 26.5. The fraction of sp³-hybridized carbons (Fsp3) is 0.439. The van der Waals surface area contributed by atoms with E-state index < -0.39 is 59.0 Å². The SMILES string of the molecule is Cc1cccc(OC(CNC=O)[C@]23CC(c4ccc(CCCOc5c(F)ccc(F)c5F)cc4)=C(C(=O)OC4CC4)[C@@H](CN(C(=O)C4C[C@@H](O)CN4)C2)N3)c1. The predicted octanol–water partition coefficient (Wildman–Crippen LogP) is 3.74. The van der Waals surface area contributed by atoms with Crippen LogP contribution in [-0.2, 0) is 25.5 Å². The van der Waals surface area contributed by atoms with Crippen molar-refractivity contribution in [2.45, 2.75) is 81.4 Å². The van der Waals surface area contributed by atoms with Crippen molar-refractivity contribution in [3.63, 3.8) is 0 Å². The van der Waals surface area contributed by atoms with Crippen LogP contribution in [-0.4, -0.2) is 97.0 Å². The topological polar surface area (TPSA) is 138 Å². The number of ether oxygens (including phenoxy) is 3. The molecule has 2 amide bonds. The predicted molar refractivity (Wildman–Crippen MR) is 196 cm³/mol. The van der Waals surface area contributed by atoms with Crippen molar-refractivity contribution in [3.05, 3.63) is 100 Å². The van der Waals surface area contributed by atoms with Gasteiger partial charge in [-0.2, -0.15) is 4.39 Å². The molecule has 7 rings (SSSR count). The molecule has 4 N–H and O–H groups in total. The molecule has 1 aliphatic carbocycles. The second kappa shape index (κ2) is 16.4. The van der Waals surface area contributed by atoms with Gasteiger partial charge in [-0.1, -0.05) is 36.4 Å². The van der Waals surface area contributed by atoms with E-state index in [1.54, 1.807) is 4.90 Å². The van der Waals surface area contributed by atoms with Crippen LogP contribution in [0.5, 0.6) is 11.5 Å². The highest BCUT2D eigenvalue weighted by atomic mass is 19.2. The molecule has 4 aliphatic rings. The largest absolute Gasteiger partial charge is 0.488 e. The van der Waals surface area contributed by atoms with Crippen LogP contribution < -0.4 is 25.4 Å². The van der Waals surface area contributed by atoms with Crippen molar-refractivity contribution >= 4 is 23.9 Å². The molecule has 55 heavy (non-hydrogen) atoms. The van der Waals surface area contributed by atoms with E-state index >= 15 is 0 Å². The highest BCUT2D eigenvalue weighted by Gasteiger charge is 2.54. The minimum absolute atomic E-state index is 0.0427. The fourth-order valence-corrected chi connectivity index (χ4v) is 7.80. The monoisotopic (exact) mass is 762 g/mol. The Morgan fingerprint density at radius 1 is 1.09 bits per heavy atom. The number of carbonyl (C=O) groups excluding carboxylic acids is 3. The van der Waals surface area contributed by atoms with Crippen LogP contribution in [0.2, 0.25) is 0 Å². The fourth-order valence-electron chi connectivity index (χ4n) is 7.80. The van der Waals surface area contributed by atoms with Crippen molar-refractivity contribution in [1.82, 2.24) is 20.9 Å². The second-order valence-corrected chi connectivity index (χ2v) is 14.9.